The molecule has 1 unspecified atom stereocenters. The molecule has 0 saturated heterocycles. The van der Waals surface area contributed by atoms with Gasteiger partial charge in [0, 0.05) is 16.7 Å². The molecule has 0 aromatic heterocycles. The molecule has 20 heavy (non-hydrogen) atoms. The molecule has 3 heteroatoms. The molecule has 0 fully saturated rings. The highest BCUT2D eigenvalue weighted by Crippen LogP contribution is 2.12. The Labute approximate surface area is 117 Å². The van der Waals surface area contributed by atoms with Crippen molar-refractivity contribution in [3.05, 3.63) is 70.8 Å². The van der Waals surface area contributed by atoms with Crippen molar-refractivity contribution in [1.82, 2.24) is 0 Å². The first-order valence-corrected chi connectivity index (χ1v) is 6.12. The first kappa shape index (κ1) is 14.0. The first-order valence-electron chi connectivity index (χ1n) is 6.12. The van der Waals surface area contributed by atoms with Gasteiger partial charge in [0.2, 0.25) is 6.29 Å². The zero-order chi connectivity index (χ0) is 14.4. The minimum Gasteiger partial charge on any atom is -0.393 e. The zero-order valence-corrected chi connectivity index (χ0v) is 10.7. The van der Waals surface area contributed by atoms with E-state index in [1.165, 1.54) is 0 Å². The molecule has 0 spiro atoms. The number of carbonyl (C=O) groups excluding carboxylic acids is 1. The number of aliphatic hydroxyl groups excluding tert-OH is 2. The Hall–Kier alpha value is -2.41. The van der Waals surface area contributed by atoms with Gasteiger partial charge in [0.25, 0.3) is 0 Å². The number of hydrogen-bond donors (Lipinski definition) is 2. The van der Waals surface area contributed by atoms with Crippen molar-refractivity contribution in [2.45, 2.75) is 6.10 Å². The van der Waals surface area contributed by atoms with Crippen molar-refractivity contribution in [1.29, 1.82) is 0 Å². The van der Waals surface area contributed by atoms with Crippen LogP contribution in [-0.4, -0.2) is 23.1 Å². The topological polar surface area (TPSA) is 57.5 Å². The summed E-state index contributed by atoms with van der Waals surface area (Å²) < 4.78 is 0. The van der Waals surface area contributed by atoms with E-state index in [1.54, 1.807) is 48.5 Å². The monoisotopic (exact) mass is 265 g/mol. The molecule has 0 bridgehead atoms. The van der Waals surface area contributed by atoms with Crippen molar-refractivity contribution < 1.29 is 15.0 Å². The van der Waals surface area contributed by atoms with Crippen molar-refractivity contribution in [3.63, 3.8) is 0 Å². The number of hydrogen-bond acceptors (Lipinski definition) is 3. The third-order valence-corrected chi connectivity index (χ3v) is 2.82. The standard InChI is InChI=1S/C17H13O3/c18-11-15-5-3-13(4-6-15)1-2-14-7-9-16(10-8-14)17(20)12-19/h3-10,17,19-20H,12H2. The van der Waals surface area contributed by atoms with Crippen molar-refractivity contribution >= 4 is 6.29 Å². The second-order valence-corrected chi connectivity index (χ2v) is 4.25. The summed E-state index contributed by atoms with van der Waals surface area (Å²) in [4.78, 5) is 10.4. The van der Waals surface area contributed by atoms with Gasteiger partial charge >= 0.3 is 0 Å². The van der Waals surface area contributed by atoms with Crippen LogP contribution in [0.4, 0.5) is 0 Å². The Balaban J connectivity index is 2.13. The fraction of sp³-hybridized carbons (Fsp3) is 0.118. The third-order valence-electron chi connectivity index (χ3n) is 2.82. The molecule has 1 radical (unpaired) electrons. The Morgan fingerprint density at radius 2 is 1.30 bits per heavy atom. The highest BCUT2D eigenvalue weighted by Gasteiger charge is 2.04. The summed E-state index contributed by atoms with van der Waals surface area (Å²) in [5.74, 6) is 5.97. The van der Waals surface area contributed by atoms with Gasteiger partial charge in [-0.15, -0.1) is 0 Å². The zero-order valence-electron chi connectivity index (χ0n) is 10.7. The van der Waals surface area contributed by atoms with E-state index in [0.29, 0.717) is 11.1 Å². The number of benzene rings is 2. The third kappa shape index (κ3) is 3.55. The summed E-state index contributed by atoms with van der Waals surface area (Å²) in [6.07, 6.45) is 0.951. The van der Waals surface area contributed by atoms with E-state index in [0.717, 1.165) is 11.1 Å². The van der Waals surface area contributed by atoms with Crippen LogP contribution in [0.2, 0.25) is 0 Å². The second-order valence-electron chi connectivity index (χ2n) is 4.25. The summed E-state index contributed by atoms with van der Waals surface area (Å²) >= 11 is 0. The molecule has 0 heterocycles. The van der Waals surface area contributed by atoms with Gasteiger partial charge < -0.3 is 10.2 Å². The van der Waals surface area contributed by atoms with Crippen LogP contribution >= 0.6 is 0 Å². The molecule has 2 rings (SSSR count). The van der Waals surface area contributed by atoms with Gasteiger partial charge in [-0.25, -0.2) is 0 Å². The fourth-order valence-electron chi connectivity index (χ4n) is 1.66. The summed E-state index contributed by atoms with van der Waals surface area (Å²) in [5, 5.41) is 18.3. The van der Waals surface area contributed by atoms with Gasteiger partial charge in [-0.05, 0) is 42.0 Å². The normalized spacial score (nSPS) is 11.3. The Morgan fingerprint density at radius 1 is 0.850 bits per heavy atom. The number of rotatable bonds is 3. The minimum atomic E-state index is -0.857. The van der Waals surface area contributed by atoms with Gasteiger partial charge in [-0.1, -0.05) is 24.0 Å². The fourth-order valence-corrected chi connectivity index (χ4v) is 1.66. The second kappa shape index (κ2) is 6.67. The highest BCUT2D eigenvalue weighted by molar-refractivity contribution is 5.75. The molecular formula is C17H13O3. The van der Waals surface area contributed by atoms with Gasteiger partial charge in [0.15, 0.2) is 0 Å². The van der Waals surface area contributed by atoms with Gasteiger partial charge in [0.05, 0.1) is 6.61 Å². The molecule has 1 atom stereocenters. The van der Waals surface area contributed by atoms with Crippen molar-refractivity contribution in [2.75, 3.05) is 6.61 Å². The van der Waals surface area contributed by atoms with Crippen LogP contribution in [0, 0.1) is 11.8 Å². The van der Waals surface area contributed by atoms with E-state index in [9.17, 15) is 9.90 Å². The largest absolute Gasteiger partial charge is 0.393 e. The summed E-state index contributed by atoms with van der Waals surface area (Å²) in [5.41, 5.74) is 2.77. The molecule has 2 aromatic rings. The van der Waals surface area contributed by atoms with E-state index in [-0.39, 0.29) is 6.61 Å². The molecule has 0 aliphatic carbocycles. The number of aliphatic hydroxyl groups is 2. The lowest BCUT2D eigenvalue weighted by Gasteiger charge is -2.06. The van der Waals surface area contributed by atoms with Crippen LogP contribution in [0.15, 0.2) is 48.5 Å². The van der Waals surface area contributed by atoms with Crippen LogP contribution < -0.4 is 0 Å². The molecular weight excluding hydrogens is 252 g/mol. The lowest BCUT2D eigenvalue weighted by Crippen LogP contribution is -2.01. The highest BCUT2D eigenvalue weighted by atomic mass is 16.3. The Bertz CT molecular complexity index is 631. The lowest BCUT2D eigenvalue weighted by molar-refractivity contribution is 0.0956. The maximum atomic E-state index is 10.4. The van der Waals surface area contributed by atoms with Crippen LogP contribution in [0.1, 0.15) is 28.4 Å². The molecule has 2 N–H and O–H groups in total. The van der Waals surface area contributed by atoms with Crippen molar-refractivity contribution in [2.24, 2.45) is 0 Å². The summed E-state index contributed by atoms with van der Waals surface area (Å²) in [6.45, 7) is -0.300. The minimum absolute atomic E-state index is 0.300. The van der Waals surface area contributed by atoms with E-state index in [1.807, 2.05) is 6.29 Å². The van der Waals surface area contributed by atoms with Crippen LogP contribution in [0.5, 0.6) is 0 Å². The predicted octanol–water partition coefficient (Wildman–Crippen LogP) is 1.57. The van der Waals surface area contributed by atoms with E-state index >= 15 is 0 Å². The van der Waals surface area contributed by atoms with Gasteiger partial charge in [-0.3, -0.25) is 4.79 Å². The smallest absolute Gasteiger partial charge is 0.233 e. The van der Waals surface area contributed by atoms with Crippen LogP contribution in [0.3, 0.4) is 0 Å². The first-order chi connectivity index (χ1) is 9.72. The lowest BCUT2D eigenvalue weighted by atomic mass is 10.1. The van der Waals surface area contributed by atoms with Crippen LogP contribution in [0.25, 0.3) is 0 Å². The summed E-state index contributed by atoms with van der Waals surface area (Å²) in [6, 6.07) is 13.9. The molecule has 99 valence electrons. The van der Waals surface area contributed by atoms with Gasteiger partial charge in [0.1, 0.15) is 6.10 Å². The maximum absolute atomic E-state index is 10.4. The SMILES string of the molecule is O=[C]c1ccc(C#Cc2ccc(C(O)CO)cc2)cc1. The molecule has 0 aliphatic heterocycles. The van der Waals surface area contributed by atoms with E-state index in [4.69, 9.17) is 5.11 Å². The van der Waals surface area contributed by atoms with Crippen molar-refractivity contribution in [3.8, 4) is 11.8 Å². The van der Waals surface area contributed by atoms with Crippen LogP contribution in [-0.2, 0) is 4.79 Å². The van der Waals surface area contributed by atoms with E-state index in [2.05, 4.69) is 11.8 Å². The molecule has 2 aromatic carbocycles. The molecule has 3 nitrogen and oxygen atoms in total. The van der Waals surface area contributed by atoms with Gasteiger partial charge in [-0.2, -0.15) is 0 Å². The predicted molar refractivity (Wildman–Crippen MR) is 75.7 cm³/mol. The molecule has 0 aliphatic rings. The average Bonchev–Trinajstić information content (AvgIpc) is 2.53. The maximum Gasteiger partial charge on any atom is 0.233 e. The Morgan fingerprint density at radius 3 is 1.75 bits per heavy atom. The Kier molecular flexibility index (Phi) is 4.67. The van der Waals surface area contributed by atoms with E-state index < -0.39 is 6.10 Å². The summed E-state index contributed by atoms with van der Waals surface area (Å²) in [7, 11) is 0. The molecule has 0 amide bonds. The molecule has 0 saturated carbocycles. The average molecular weight is 265 g/mol. The quantitative estimate of drug-likeness (QED) is 0.828.